The monoisotopic (exact) mass is 250 g/mol. The van der Waals surface area contributed by atoms with E-state index in [4.69, 9.17) is 33.4 Å². The summed E-state index contributed by atoms with van der Waals surface area (Å²) in [6.45, 7) is 1.19. The van der Waals surface area contributed by atoms with Crippen LogP contribution in [-0.4, -0.2) is 33.9 Å². The molecule has 0 fully saturated rings. The first-order chi connectivity index (χ1) is 7.00. The van der Waals surface area contributed by atoms with Crippen LogP contribution in [0.3, 0.4) is 0 Å². The van der Waals surface area contributed by atoms with E-state index in [-0.39, 0.29) is 13.2 Å². The fourth-order valence-corrected chi connectivity index (χ4v) is 1.35. The van der Waals surface area contributed by atoms with Gasteiger partial charge in [0.1, 0.15) is 5.82 Å². The van der Waals surface area contributed by atoms with Crippen molar-refractivity contribution in [1.29, 1.82) is 0 Å². The molecule has 0 aliphatic carbocycles. The van der Waals surface area contributed by atoms with Crippen molar-refractivity contribution >= 4 is 29.0 Å². The SMILES string of the molecule is CC(CO)(CO)Nc1ncc(Cl)cc1Cl. The lowest BCUT2D eigenvalue weighted by Crippen LogP contribution is -2.42. The minimum absolute atomic E-state index is 0.232. The van der Waals surface area contributed by atoms with E-state index >= 15 is 0 Å². The highest BCUT2D eigenvalue weighted by atomic mass is 35.5. The molecule has 1 aromatic rings. The summed E-state index contributed by atoms with van der Waals surface area (Å²) in [7, 11) is 0. The Hall–Kier alpha value is -0.550. The smallest absolute Gasteiger partial charge is 0.145 e. The molecule has 6 heteroatoms. The Labute approximate surface area is 97.9 Å². The van der Waals surface area contributed by atoms with Gasteiger partial charge in [0.15, 0.2) is 0 Å². The molecule has 0 aliphatic rings. The van der Waals surface area contributed by atoms with Crippen molar-refractivity contribution in [2.24, 2.45) is 0 Å². The molecule has 0 aliphatic heterocycles. The van der Waals surface area contributed by atoms with Crippen molar-refractivity contribution in [2.75, 3.05) is 18.5 Å². The largest absolute Gasteiger partial charge is 0.394 e. The lowest BCUT2D eigenvalue weighted by Gasteiger charge is -2.27. The van der Waals surface area contributed by atoms with Gasteiger partial charge in [0, 0.05) is 6.20 Å². The predicted octanol–water partition coefficient (Wildman–Crippen LogP) is 1.54. The number of aliphatic hydroxyl groups excluding tert-OH is 2. The van der Waals surface area contributed by atoms with Gasteiger partial charge in [-0.1, -0.05) is 23.2 Å². The normalized spacial score (nSPS) is 11.5. The number of anilines is 1. The number of hydrogen-bond donors (Lipinski definition) is 3. The van der Waals surface area contributed by atoms with E-state index < -0.39 is 5.54 Å². The average Bonchev–Trinajstić information content (AvgIpc) is 2.22. The highest BCUT2D eigenvalue weighted by Gasteiger charge is 2.23. The summed E-state index contributed by atoms with van der Waals surface area (Å²) in [5.74, 6) is 0.381. The highest BCUT2D eigenvalue weighted by molar-refractivity contribution is 6.35. The van der Waals surface area contributed by atoms with Crippen molar-refractivity contribution in [3.05, 3.63) is 22.3 Å². The van der Waals surface area contributed by atoms with E-state index in [1.807, 2.05) is 0 Å². The Balaban J connectivity index is 2.89. The van der Waals surface area contributed by atoms with Crippen LogP contribution in [0, 0.1) is 0 Å². The molecular formula is C9H12Cl2N2O2. The Morgan fingerprint density at radius 3 is 2.47 bits per heavy atom. The van der Waals surface area contributed by atoms with Crippen molar-refractivity contribution < 1.29 is 10.2 Å². The van der Waals surface area contributed by atoms with E-state index in [0.29, 0.717) is 15.9 Å². The summed E-state index contributed by atoms with van der Waals surface area (Å²) < 4.78 is 0. The van der Waals surface area contributed by atoms with Crippen LogP contribution < -0.4 is 5.32 Å². The first-order valence-corrected chi connectivity index (χ1v) is 5.07. The van der Waals surface area contributed by atoms with Crippen LogP contribution in [0.5, 0.6) is 0 Å². The van der Waals surface area contributed by atoms with E-state index in [9.17, 15) is 0 Å². The van der Waals surface area contributed by atoms with E-state index in [1.54, 1.807) is 6.92 Å². The summed E-state index contributed by atoms with van der Waals surface area (Å²) in [4.78, 5) is 3.96. The molecule has 1 rings (SSSR count). The third-order valence-corrected chi connectivity index (χ3v) is 2.42. The van der Waals surface area contributed by atoms with Gasteiger partial charge in [-0.3, -0.25) is 0 Å². The van der Waals surface area contributed by atoms with Crippen LogP contribution in [0.1, 0.15) is 6.92 Å². The van der Waals surface area contributed by atoms with Gasteiger partial charge in [0.05, 0.1) is 28.8 Å². The van der Waals surface area contributed by atoms with Crippen molar-refractivity contribution in [1.82, 2.24) is 4.98 Å². The molecule has 0 radical (unpaired) electrons. The fraction of sp³-hybridized carbons (Fsp3) is 0.444. The van der Waals surface area contributed by atoms with E-state index in [2.05, 4.69) is 10.3 Å². The van der Waals surface area contributed by atoms with Crippen LogP contribution in [0.25, 0.3) is 0 Å². The summed E-state index contributed by atoms with van der Waals surface area (Å²) in [5.41, 5.74) is -0.857. The molecule has 0 saturated carbocycles. The Morgan fingerprint density at radius 1 is 1.40 bits per heavy atom. The Morgan fingerprint density at radius 2 is 2.00 bits per heavy atom. The molecule has 1 heterocycles. The van der Waals surface area contributed by atoms with Gasteiger partial charge in [-0.2, -0.15) is 0 Å². The molecule has 0 unspecified atom stereocenters. The second-order valence-electron chi connectivity index (χ2n) is 3.49. The zero-order valence-corrected chi connectivity index (χ0v) is 9.68. The molecule has 0 spiro atoms. The maximum Gasteiger partial charge on any atom is 0.145 e. The standard InChI is InChI=1S/C9H12Cl2N2O2/c1-9(4-14,5-15)13-8-7(11)2-6(10)3-12-8/h2-3,14-15H,4-5H2,1H3,(H,12,13). The molecule has 4 nitrogen and oxygen atoms in total. The number of nitrogens with one attached hydrogen (secondary N) is 1. The summed E-state index contributed by atoms with van der Waals surface area (Å²) >= 11 is 11.6. The highest BCUT2D eigenvalue weighted by Crippen LogP contribution is 2.24. The average molecular weight is 251 g/mol. The van der Waals surface area contributed by atoms with Gasteiger partial charge in [-0.05, 0) is 13.0 Å². The molecule has 0 saturated heterocycles. The van der Waals surface area contributed by atoms with Crippen LogP contribution in [-0.2, 0) is 0 Å². The third kappa shape index (κ3) is 3.21. The number of hydrogen-bond acceptors (Lipinski definition) is 4. The van der Waals surface area contributed by atoms with Gasteiger partial charge < -0.3 is 15.5 Å². The van der Waals surface area contributed by atoms with Gasteiger partial charge in [-0.25, -0.2) is 4.98 Å². The van der Waals surface area contributed by atoms with Crippen LogP contribution in [0.2, 0.25) is 10.0 Å². The van der Waals surface area contributed by atoms with Crippen LogP contribution in [0.4, 0.5) is 5.82 Å². The second-order valence-corrected chi connectivity index (χ2v) is 4.33. The number of aliphatic hydroxyl groups is 2. The summed E-state index contributed by atoms with van der Waals surface area (Å²) in [6.07, 6.45) is 1.44. The lowest BCUT2D eigenvalue weighted by atomic mass is 10.1. The number of rotatable bonds is 4. The third-order valence-electron chi connectivity index (χ3n) is 1.93. The minimum Gasteiger partial charge on any atom is -0.394 e. The fourth-order valence-electron chi connectivity index (χ4n) is 0.921. The van der Waals surface area contributed by atoms with E-state index in [1.165, 1.54) is 12.3 Å². The topological polar surface area (TPSA) is 65.4 Å². The van der Waals surface area contributed by atoms with Gasteiger partial charge in [-0.15, -0.1) is 0 Å². The lowest BCUT2D eigenvalue weighted by molar-refractivity contribution is 0.147. The summed E-state index contributed by atoms with van der Waals surface area (Å²) in [5, 5.41) is 21.8. The van der Waals surface area contributed by atoms with Gasteiger partial charge >= 0.3 is 0 Å². The summed E-state index contributed by atoms with van der Waals surface area (Å²) in [6, 6.07) is 1.54. The van der Waals surface area contributed by atoms with Crippen LogP contribution in [0.15, 0.2) is 12.3 Å². The van der Waals surface area contributed by atoms with Gasteiger partial charge in [0.2, 0.25) is 0 Å². The molecule has 0 amide bonds. The maximum atomic E-state index is 9.07. The molecule has 0 bridgehead atoms. The number of aromatic nitrogens is 1. The molecule has 84 valence electrons. The second kappa shape index (κ2) is 4.99. The van der Waals surface area contributed by atoms with E-state index in [0.717, 1.165) is 0 Å². The quantitative estimate of drug-likeness (QED) is 0.759. The van der Waals surface area contributed by atoms with Crippen LogP contribution >= 0.6 is 23.2 Å². The molecule has 3 N–H and O–H groups in total. The van der Waals surface area contributed by atoms with Gasteiger partial charge in [0.25, 0.3) is 0 Å². The molecule has 0 aromatic carbocycles. The number of halogens is 2. The predicted molar refractivity (Wildman–Crippen MR) is 60.5 cm³/mol. The first-order valence-electron chi connectivity index (χ1n) is 4.32. The van der Waals surface area contributed by atoms with Crippen molar-refractivity contribution in [3.63, 3.8) is 0 Å². The number of pyridine rings is 1. The molecule has 0 atom stereocenters. The van der Waals surface area contributed by atoms with Crippen molar-refractivity contribution in [3.8, 4) is 0 Å². The zero-order valence-electron chi connectivity index (χ0n) is 8.17. The van der Waals surface area contributed by atoms with Crippen molar-refractivity contribution in [2.45, 2.75) is 12.5 Å². The zero-order chi connectivity index (χ0) is 11.5. The first kappa shape index (κ1) is 12.5. The minimum atomic E-state index is -0.857. The Kier molecular flexibility index (Phi) is 4.16. The molecule has 1 aromatic heterocycles. The Bertz CT molecular complexity index is 343. The number of nitrogens with zero attached hydrogens (tertiary/aromatic N) is 1. The maximum absolute atomic E-state index is 9.07. The molecular weight excluding hydrogens is 239 g/mol. The molecule has 15 heavy (non-hydrogen) atoms.